The van der Waals surface area contributed by atoms with Gasteiger partial charge in [0.05, 0.1) is 17.9 Å². The lowest BCUT2D eigenvalue weighted by Crippen LogP contribution is -2.36. The Morgan fingerprint density at radius 3 is 2.32 bits per heavy atom. The molecule has 3 aromatic rings. The molecule has 1 saturated heterocycles. The van der Waals surface area contributed by atoms with Gasteiger partial charge in [-0.2, -0.15) is 0 Å². The molecule has 1 amide bonds. The van der Waals surface area contributed by atoms with Crippen LogP contribution in [0.5, 0.6) is 0 Å². The minimum atomic E-state index is -0.509. The van der Waals surface area contributed by atoms with Gasteiger partial charge in [-0.3, -0.25) is 4.90 Å². The number of aromatic nitrogens is 2. The summed E-state index contributed by atoms with van der Waals surface area (Å²) in [7, 11) is 0. The Hall–Kier alpha value is -3.12. The van der Waals surface area contributed by atoms with Crippen LogP contribution in [0, 0.1) is 0 Å². The van der Waals surface area contributed by atoms with Crippen LogP contribution in [-0.2, 0) is 11.3 Å². The summed E-state index contributed by atoms with van der Waals surface area (Å²) in [5.74, 6) is 0.805. The zero-order valence-corrected chi connectivity index (χ0v) is 18.4. The highest BCUT2D eigenvalue weighted by atomic mass is 16.6. The van der Waals surface area contributed by atoms with Crippen LogP contribution in [0.4, 0.5) is 4.79 Å². The Balaban J connectivity index is 1.49. The lowest BCUT2D eigenvalue weighted by atomic mass is 10.0. The molecule has 0 bridgehead atoms. The van der Waals surface area contributed by atoms with Crippen LogP contribution in [0.15, 0.2) is 54.7 Å². The molecule has 6 heteroatoms. The summed E-state index contributed by atoms with van der Waals surface area (Å²) in [5.41, 5.74) is 10.6. The largest absolute Gasteiger partial charge is 0.444 e. The highest BCUT2D eigenvalue weighted by Gasteiger charge is 2.34. The van der Waals surface area contributed by atoms with Crippen molar-refractivity contribution in [3.63, 3.8) is 0 Å². The van der Waals surface area contributed by atoms with E-state index in [1.807, 2.05) is 27.0 Å². The number of imidazole rings is 1. The maximum absolute atomic E-state index is 12.6. The van der Waals surface area contributed by atoms with Gasteiger partial charge in [0.1, 0.15) is 11.4 Å². The molecule has 0 aliphatic carbocycles. The fourth-order valence-corrected chi connectivity index (χ4v) is 3.92. The van der Waals surface area contributed by atoms with Crippen molar-refractivity contribution >= 4 is 6.09 Å². The third-order valence-corrected chi connectivity index (χ3v) is 5.51. The summed E-state index contributed by atoms with van der Waals surface area (Å²) in [6.45, 7) is 6.90. The lowest BCUT2D eigenvalue weighted by molar-refractivity contribution is 0.0218. The number of rotatable bonds is 4. The van der Waals surface area contributed by atoms with Gasteiger partial charge in [-0.25, -0.2) is 9.78 Å². The molecule has 4 rings (SSSR count). The Morgan fingerprint density at radius 2 is 1.71 bits per heavy atom. The van der Waals surface area contributed by atoms with Crippen LogP contribution < -0.4 is 5.73 Å². The SMILES string of the molecule is CC(C)(C)OC(=O)N1CCCC1c1ncc(-c2ccc(-c3ccc(CN)cc3)cc2)[nH]1. The van der Waals surface area contributed by atoms with Crippen LogP contribution in [0.2, 0.25) is 0 Å². The molecule has 1 aliphatic rings. The van der Waals surface area contributed by atoms with Crippen molar-refractivity contribution in [2.24, 2.45) is 5.73 Å². The quantitative estimate of drug-likeness (QED) is 0.604. The summed E-state index contributed by atoms with van der Waals surface area (Å²) in [6.07, 6.45) is 3.38. The molecule has 2 heterocycles. The first-order valence-electron chi connectivity index (χ1n) is 10.8. The molecule has 1 aliphatic heterocycles. The zero-order chi connectivity index (χ0) is 22.0. The molecular formula is C25H30N4O2. The van der Waals surface area contributed by atoms with Gasteiger partial charge in [-0.05, 0) is 55.9 Å². The fraction of sp³-hybridized carbons (Fsp3) is 0.360. The van der Waals surface area contributed by atoms with Gasteiger partial charge >= 0.3 is 6.09 Å². The van der Waals surface area contributed by atoms with Crippen molar-refractivity contribution in [2.45, 2.75) is 51.8 Å². The number of amides is 1. The molecule has 31 heavy (non-hydrogen) atoms. The maximum atomic E-state index is 12.6. The Labute approximate surface area is 183 Å². The number of nitrogens with two attached hydrogens (primary N) is 1. The lowest BCUT2D eigenvalue weighted by Gasteiger charge is -2.27. The Morgan fingerprint density at radius 1 is 1.10 bits per heavy atom. The summed E-state index contributed by atoms with van der Waals surface area (Å²) in [5, 5.41) is 0. The molecule has 162 valence electrons. The molecule has 0 spiro atoms. The van der Waals surface area contributed by atoms with E-state index in [9.17, 15) is 4.79 Å². The number of likely N-dealkylation sites (tertiary alicyclic amines) is 1. The van der Waals surface area contributed by atoms with Crippen molar-refractivity contribution in [1.29, 1.82) is 0 Å². The number of nitrogens with zero attached hydrogens (tertiary/aromatic N) is 2. The smallest absolute Gasteiger partial charge is 0.410 e. The summed E-state index contributed by atoms with van der Waals surface area (Å²) < 4.78 is 5.57. The third-order valence-electron chi connectivity index (χ3n) is 5.51. The standard InChI is InChI=1S/C25H30N4O2/c1-25(2,3)31-24(30)29-14-4-5-22(29)23-27-16-21(28-23)20-12-10-19(11-13-20)18-8-6-17(15-26)7-9-18/h6-13,16,22H,4-5,14-15,26H2,1-3H3,(H,27,28). The predicted octanol–water partition coefficient (Wildman–Crippen LogP) is 5.27. The van der Waals surface area contributed by atoms with Crippen LogP contribution in [0.3, 0.4) is 0 Å². The number of aromatic amines is 1. The van der Waals surface area contributed by atoms with E-state index >= 15 is 0 Å². The Kier molecular flexibility index (Phi) is 5.83. The van der Waals surface area contributed by atoms with Crippen molar-refractivity contribution in [3.05, 3.63) is 66.1 Å². The van der Waals surface area contributed by atoms with Crippen molar-refractivity contribution in [1.82, 2.24) is 14.9 Å². The first-order chi connectivity index (χ1) is 14.8. The number of carbonyl (C=O) groups excluding carboxylic acids is 1. The monoisotopic (exact) mass is 418 g/mol. The van der Waals surface area contributed by atoms with Gasteiger partial charge in [0.15, 0.2) is 0 Å². The first kappa shape index (κ1) is 21.1. The average Bonchev–Trinajstić information content (AvgIpc) is 3.42. The van der Waals surface area contributed by atoms with Crippen molar-refractivity contribution in [3.8, 4) is 22.4 Å². The van der Waals surface area contributed by atoms with Crippen LogP contribution >= 0.6 is 0 Å². The first-order valence-corrected chi connectivity index (χ1v) is 10.8. The van der Waals surface area contributed by atoms with Gasteiger partial charge < -0.3 is 15.5 Å². The molecule has 0 radical (unpaired) electrons. The molecule has 1 unspecified atom stereocenters. The van der Waals surface area contributed by atoms with Gasteiger partial charge in [-0.1, -0.05) is 48.5 Å². The van der Waals surface area contributed by atoms with Crippen LogP contribution in [0.1, 0.15) is 51.0 Å². The summed E-state index contributed by atoms with van der Waals surface area (Å²) in [4.78, 5) is 22.4. The number of H-pyrrole nitrogens is 1. The topological polar surface area (TPSA) is 84.2 Å². The molecule has 0 saturated carbocycles. The number of nitrogens with one attached hydrogen (secondary N) is 1. The second-order valence-electron chi connectivity index (χ2n) is 8.99. The highest BCUT2D eigenvalue weighted by Crippen LogP contribution is 2.33. The number of benzene rings is 2. The van der Waals surface area contributed by atoms with Gasteiger partial charge in [0, 0.05) is 13.1 Å². The molecular weight excluding hydrogens is 388 g/mol. The molecule has 6 nitrogen and oxygen atoms in total. The zero-order valence-electron chi connectivity index (χ0n) is 18.4. The van der Waals surface area contributed by atoms with E-state index in [4.69, 9.17) is 10.5 Å². The molecule has 2 aromatic carbocycles. The van der Waals surface area contributed by atoms with Gasteiger partial charge in [0.2, 0.25) is 0 Å². The van der Waals surface area contributed by atoms with E-state index in [2.05, 4.69) is 58.5 Å². The van der Waals surface area contributed by atoms with E-state index < -0.39 is 5.60 Å². The Bertz CT molecular complexity index is 1030. The van der Waals surface area contributed by atoms with Gasteiger partial charge in [-0.15, -0.1) is 0 Å². The highest BCUT2D eigenvalue weighted by molar-refractivity contribution is 5.70. The maximum Gasteiger partial charge on any atom is 0.410 e. The van der Waals surface area contributed by atoms with E-state index in [0.29, 0.717) is 13.1 Å². The molecule has 1 atom stereocenters. The van der Waals surface area contributed by atoms with Crippen molar-refractivity contribution < 1.29 is 9.53 Å². The molecule has 1 aromatic heterocycles. The number of hydrogen-bond donors (Lipinski definition) is 2. The number of hydrogen-bond acceptors (Lipinski definition) is 4. The molecule has 1 fully saturated rings. The normalized spacial score (nSPS) is 16.5. The van der Waals surface area contributed by atoms with E-state index in [1.54, 1.807) is 4.90 Å². The van der Waals surface area contributed by atoms with Crippen LogP contribution in [0.25, 0.3) is 22.4 Å². The summed E-state index contributed by atoms with van der Waals surface area (Å²) >= 11 is 0. The second kappa shape index (κ2) is 8.55. The van der Waals surface area contributed by atoms with E-state index in [1.165, 1.54) is 0 Å². The predicted molar refractivity (Wildman–Crippen MR) is 122 cm³/mol. The molecule has 3 N–H and O–H groups in total. The second-order valence-corrected chi connectivity index (χ2v) is 8.99. The fourth-order valence-electron chi connectivity index (χ4n) is 3.92. The van der Waals surface area contributed by atoms with Crippen molar-refractivity contribution in [2.75, 3.05) is 6.54 Å². The van der Waals surface area contributed by atoms with Gasteiger partial charge in [0.25, 0.3) is 0 Å². The van der Waals surface area contributed by atoms with E-state index in [0.717, 1.165) is 46.6 Å². The minimum absolute atomic E-state index is 0.0797. The van der Waals surface area contributed by atoms with E-state index in [-0.39, 0.29) is 12.1 Å². The number of ether oxygens (including phenoxy) is 1. The third kappa shape index (κ3) is 4.80. The van der Waals surface area contributed by atoms with Crippen LogP contribution in [-0.4, -0.2) is 33.1 Å². The minimum Gasteiger partial charge on any atom is -0.444 e. The average molecular weight is 419 g/mol. The number of carbonyl (C=O) groups is 1. The summed E-state index contributed by atoms with van der Waals surface area (Å²) in [6, 6.07) is 16.6.